The molecule has 2 aliphatic rings. The van der Waals surface area contributed by atoms with E-state index in [0.29, 0.717) is 10.2 Å². The van der Waals surface area contributed by atoms with E-state index in [1.165, 1.54) is 11.8 Å². The van der Waals surface area contributed by atoms with Gasteiger partial charge in [-0.2, -0.15) is 4.99 Å². The molecule has 2 aromatic carbocycles. The van der Waals surface area contributed by atoms with Gasteiger partial charge in [0.1, 0.15) is 0 Å². The fourth-order valence-electron chi connectivity index (χ4n) is 3.60. The van der Waals surface area contributed by atoms with E-state index in [0.717, 1.165) is 16.8 Å². The zero-order chi connectivity index (χ0) is 19.9. The third-order valence-corrected chi connectivity index (χ3v) is 8.39. The van der Waals surface area contributed by atoms with Gasteiger partial charge in [-0.05, 0) is 36.2 Å². The number of benzene rings is 2. The van der Waals surface area contributed by atoms with Crippen LogP contribution in [-0.2, 0) is 21.1 Å². The Morgan fingerprint density at radius 2 is 1.89 bits per heavy atom. The summed E-state index contributed by atoms with van der Waals surface area (Å²) in [6.07, 6.45) is 0.177. The van der Waals surface area contributed by atoms with Crippen LogP contribution in [0.3, 0.4) is 0 Å². The normalized spacial score (nSPS) is 24.5. The number of aryl methyl sites for hydroxylation is 1. The first-order valence-corrected chi connectivity index (χ1v) is 12.0. The van der Waals surface area contributed by atoms with Gasteiger partial charge in [0.05, 0.1) is 24.0 Å². The topological polar surface area (TPSA) is 66.8 Å². The maximum atomic E-state index is 12.6. The Hall–Kier alpha value is -1.83. The van der Waals surface area contributed by atoms with Crippen molar-refractivity contribution < 1.29 is 13.2 Å². The molecule has 146 valence electrons. The molecule has 28 heavy (non-hydrogen) atoms. The summed E-state index contributed by atoms with van der Waals surface area (Å²) >= 11 is 7.28. The number of carbonyl (C=O) groups is 1. The van der Waals surface area contributed by atoms with Gasteiger partial charge >= 0.3 is 0 Å². The van der Waals surface area contributed by atoms with Gasteiger partial charge in [0.25, 0.3) is 5.91 Å². The van der Waals surface area contributed by atoms with Crippen LogP contribution in [0.1, 0.15) is 11.1 Å². The first-order chi connectivity index (χ1) is 13.3. The minimum absolute atomic E-state index is 0.0867. The number of thioether (sulfide) groups is 1. The predicted octanol–water partition coefficient (Wildman–Crippen LogP) is 3.49. The molecule has 8 heteroatoms. The fourth-order valence-corrected chi connectivity index (χ4v) is 7.65. The molecule has 5 nitrogen and oxygen atoms in total. The second-order valence-electron chi connectivity index (χ2n) is 7.05. The predicted molar refractivity (Wildman–Crippen MR) is 115 cm³/mol. The maximum Gasteiger partial charge on any atom is 0.252 e. The molecule has 0 saturated carbocycles. The number of fused-ring (bicyclic) bond motifs is 1. The van der Waals surface area contributed by atoms with E-state index in [4.69, 9.17) is 11.6 Å². The van der Waals surface area contributed by atoms with Gasteiger partial charge < -0.3 is 4.90 Å². The number of carbonyl (C=O) groups excluding carboxylic acids is 1. The smallest absolute Gasteiger partial charge is 0.252 e. The maximum absolute atomic E-state index is 12.6. The molecular weight excluding hydrogens is 416 g/mol. The Labute approximate surface area is 173 Å². The number of amides is 1. The van der Waals surface area contributed by atoms with Gasteiger partial charge in [-0.1, -0.05) is 53.7 Å². The van der Waals surface area contributed by atoms with Gasteiger partial charge in [0, 0.05) is 16.0 Å². The average Bonchev–Trinajstić information content (AvgIpc) is 3.08. The Morgan fingerprint density at radius 3 is 2.61 bits per heavy atom. The summed E-state index contributed by atoms with van der Waals surface area (Å²) in [5.41, 5.74) is 2.76. The lowest BCUT2D eigenvalue weighted by molar-refractivity contribution is -0.117. The third kappa shape index (κ3) is 3.97. The summed E-state index contributed by atoms with van der Waals surface area (Å²) in [6, 6.07) is 14.7. The zero-order valence-corrected chi connectivity index (χ0v) is 17.6. The lowest BCUT2D eigenvalue weighted by Gasteiger charge is -2.26. The quantitative estimate of drug-likeness (QED) is 0.739. The molecular formula is C20H19ClN2O3S2. The number of anilines is 1. The van der Waals surface area contributed by atoms with Crippen LogP contribution in [0.2, 0.25) is 5.02 Å². The van der Waals surface area contributed by atoms with Crippen molar-refractivity contribution in [1.82, 2.24) is 0 Å². The van der Waals surface area contributed by atoms with Gasteiger partial charge in [0.2, 0.25) is 0 Å². The van der Waals surface area contributed by atoms with Crippen molar-refractivity contribution in [3.05, 3.63) is 64.7 Å². The number of hydrogen-bond donors (Lipinski definition) is 0. The number of aliphatic imine (C=N–C) groups is 1. The zero-order valence-electron chi connectivity index (χ0n) is 15.2. The van der Waals surface area contributed by atoms with E-state index >= 15 is 0 Å². The molecule has 2 heterocycles. The third-order valence-electron chi connectivity index (χ3n) is 4.93. The minimum atomic E-state index is -3.08. The van der Waals surface area contributed by atoms with Crippen molar-refractivity contribution in [3.8, 4) is 0 Å². The molecule has 0 aliphatic carbocycles. The summed E-state index contributed by atoms with van der Waals surface area (Å²) in [7, 11) is -3.08. The highest BCUT2D eigenvalue weighted by molar-refractivity contribution is 8.16. The molecule has 0 N–H and O–H groups in total. The lowest BCUT2D eigenvalue weighted by atomic mass is 10.1. The van der Waals surface area contributed by atoms with Gasteiger partial charge in [-0.15, -0.1) is 0 Å². The van der Waals surface area contributed by atoms with Crippen molar-refractivity contribution in [1.29, 1.82) is 0 Å². The lowest BCUT2D eigenvalue weighted by Crippen LogP contribution is -2.38. The highest BCUT2D eigenvalue weighted by atomic mass is 35.5. The fraction of sp³-hybridized carbons (Fsp3) is 0.300. The Kier molecular flexibility index (Phi) is 5.24. The number of halogens is 1. The van der Waals surface area contributed by atoms with E-state index in [1.54, 1.807) is 12.1 Å². The van der Waals surface area contributed by atoms with E-state index < -0.39 is 9.84 Å². The summed E-state index contributed by atoms with van der Waals surface area (Å²) in [5, 5.41) is 1.10. The molecule has 0 spiro atoms. The second kappa shape index (κ2) is 7.54. The molecule has 0 bridgehead atoms. The molecule has 4 rings (SSSR count). The number of hydrogen-bond acceptors (Lipinski definition) is 4. The van der Waals surface area contributed by atoms with Crippen LogP contribution >= 0.6 is 23.4 Å². The number of rotatable bonds is 3. The van der Waals surface area contributed by atoms with Crippen LogP contribution < -0.4 is 4.90 Å². The van der Waals surface area contributed by atoms with E-state index in [9.17, 15) is 13.2 Å². The minimum Gasteiger partial charge on any atom is -0.315 e. The molecule has 2 atom stereocenters. The standard InChI is InChI=1S/C20H19ClN2O3S2/c1-13-4-2-3-5-16(13)23-17-11-28(25,26)12-18(17)27-20(23)22-19(24)10-14-6-8-15(21)9-7-14/h2-9,17-18H,10-12H2,1H3/t17-,18+/m0/s1. The molecule has 2 aromatic rings. The van der Waals surface area contributed by atoms with Crippen LogP contribution in [0.4, 0.5) is 5.69 Å². The summed E-state index contributed by atoms with van der Waals surface area (Å²) < 4.78 is 24.3. The number of sulfone groups is 1. The monoisotopic (exact) mass is 434 g/mol. The van der Waals surface area contributed by atoms with Gasteiger partial charge in [-0.3, -0.25) is 4.79 Å². The van der Waals surface area contributed by atoms with E-state index in [1.807, 2.05) is 48.2 Å². The first-order valence-electron chi connectivity index (χ1n) is 8.90. The van der Waals surface area contributed by atoms with Crippen molar-refractivity contribution in [3.63, 3.8) is 0 Å². The van der Waals surface area contributed by atoms with Crippen LogP contribution in [-0.4, -0.2) is 42.3 Å². The summed E-state index contributed by atoms with van der Waals surface area (Å²) in [6.45, 7) is 1.98. The summed E-state index contributed by atoms with van der Waals surface area (Å²) in [4.78, 5) is 18.9. The SMILES string of the molecule is Cc1ccccc1N1C(=NC(=O)Cc2ccc(Cl)cc2)S[C@@H]2CS(=O)(=O)C[C@@H]21. The Balaban J connectivity index is 1.65. The highest BCUT2D eigenvalue weighted by Gasteiger charge is 2.49. The summed E-state index contributed by atoms with van der Waals surface area (Å²) in [5.74, 6) is -0.0513. The molecule has 0 aromatic heterocycles. The molecule has 0 unspecified atom stereocenters. The number of para-hydroxylation sites is 1. The van der Waals surface area contributed by atoms with Crippen molar-refractivity contribution >= 4 is 50.0 Å². The molecule has 2 aliphatic heterocycles. The Morgan fingerprint density at radius 1 is 1.18 bits per heavy atom. The van der Waals surface area contributed by atoms with Gasteiger partial charge in [-0.25, -0.2) is 8.42 Å². The van der Waals surface area contributed by atoms with Gasteiger partial charge in [0.15, 0.2) is 15.0 Å². The molecule has 2 saturated heterocycles. The van der Waals surface area contributed by atoms with E-state index in [-0.39, 0.29) is 35.1 Å². The van der Waals surface area contributed by atoms with Crippen molar-refractivity contribution in [2.75, 3.05) is 16.4 Å². The van der Waals surface area contributed by atoms with Crippen LogP contribution in [0.25, 0.3) is 0 Å². The Bertz CT molecular complexity index is 1050. The molecule has 1 amide bonds. The number of amidine groups is 1. The van der Waals surface area contributed by atoms with E-state index in [2.05, 4.69) is 4.99 Å². The first kappa shape index (κ1) is 19.5. The number of nitrogens with zero attached hydrogens (tertiary/aromatic N) is 2. The molecule has 2 fully saturated rings. The highest BCUT2D eigenvalue weighted by Crippen LogP contribution is 2.41. The second-order valence-corrected chi connectivity index (χ2v) is 10.8. The van der Waals surface area contributed by atoms with Crippen molar-refractivity contribution in [2.24, 2.45) is 4.99 Å². The van der Waals surface area contributed by atoms with Crippen molar-refractivity contribution in [2.45, 2.75) is 24.6 Å². The molecule has 0 radical (unpaired) electrons. The van der Waals surface area contributed by atoms with Crippen LogP contribution in [0, 0.1) is 6.92 Å². The largest absolute Gasteiger partial charge is 0.315 e. The van der Waals surface area contributed by atoms with Crippen LogP contribution in [0.5, 0.6) is 0 Å². The van der Waals surface area contributed by atoms with Crippen LogP contribution in [0.15, 0.2) is 53.5 Å². The average molecular weight is 435 g/mol.